The highest BCUT2D eigenvalue weighted by Crippen LogP contribution is 2.34. The zero-order chi connectivity index (χ0) is 16.7. The van der Waals surface area contributed by atoms with Crippen molar-refractivity contribution in [3.8, 4) is 0 Å². The molecule has 0 saturated heterocycles. The first-order valence-corrected chi connectivity index (χ1v) is 10.5. The number of rotatable bonds is 7. The second-order valence-corrected chi connectivity index (χ2v) is 8.78. The first-order valence-electron chi connectivity index (χ1n) is 9.97. The second-order valence-electron chi connectivity index (χ2n) is 8.05. The molecule has 2 nitrogen and oxygen atoms in total. The lowest BCUT2D eigenvalue weighted by Gasteiger charge is -2.29. The Morgan fingerprint density at radius 1 is 1.09 bits per heavy atom. The van der Waals surface area contributed by atoms with Crippen LogP contribution >= 0.6 is 12.6 Å². The fraction of sp³-hybridized carbons (Fsp3) is 0.950. The molecule has 0 amide bonds. The van der Waals surface area contributed by atoms with Crippen LogP contribution in [-0.2, 0) is 9.53 Å². The van der Waals surface area contributed by atoms with Crippen molar-refractivity contribution in [1.82, 2.24) is 0 Å². The van der Waals surface area contributed by atoms with Gasteiger partial charge in [-0.1, -0.05) is 20.3 Å². The molecule has 2 aliphatic carbocycles. The topological polar surface area (TPSA) is 26.3 Å². The van der Waals surface area contributed by atoms with Gasteiger partial charge in [0.1, 0.15) is 6.10 Å². The zero-order valence-electron chi connectivity index (χ0n) is 15.1. The van der Waals surface area contributed by atoms with Crippen LogP contribution in [0.5, 0.6) is 0 Å². The largest absolute Gasteiger partial charge is 0.462 e. The van der Waals surface area contributed by atoms with E-state index in [2.05, 4.69) is 26.5 Å². The Kier molecular flexibility index (Phi) is 8.29. The van der Waals surface area contributed by atoms with Crippen molar-refractivity contribution in [2.45, 2.75) is 102 Å². The maximum atomic E-state index is 12.5. The standard InChI is InChI=1S/C20H36O2S/c1-3-17(20(21)22-18-7-5-4-6-8-18)14-15(2)13-16-9-11-19(23)12-10-16/h15-19,23H,3-14H2,1-2H3. The van der Waals surface area contributed by atoms with Crippen molar-refractivity contribution in [3.05, 3.63) is 0 Å². The summed E-state index contributed by atoms with van der Waals surface area (Å²) in [6, 6.07) is 0. The Labute approximate surface area is 148 Å². The Hall–Kier alpha value is -0.180. The summed E-state index contributed by atoms with van der Waals surface area (Å²) in [5.41, 5.74) is 0. The van der Waals surface area contributed by atoms with Crippen LogP contribution in [0.1, 0.15) is 90.9 Å². The van der Waals surface area contributed by atoms with Gasteiger partial charge in [-0.2, -0.15) is 12.6 Å². The number of carbonyl (C=O) groups excluding carboxylic acids is 1. The molecule has 2 fully saturated rings. The van der Waals surface area contributed by atoms with E-state index >= 15 is 0 Å². The minimum atomic E-state index is 0.0744. The van der Waals surface area contributed by atoms with E-state index in [0.717, 1.165) is 31.6 Å². The molecule has 0 bridgehead atoms. The molecule has 0 aromatic heterocycles. The van der Waals surface area contributed by atoms with Gasteiger partial charge in [0.15, 0.2) is 0 Å². The van der Waals surface area contributed by atoms with Crippen molar-refractivity contribution in [2.75, 3.05) is 0 Å². The summed E-state index contributed by atoms with van der Waals surface area (Å²) in [6.07, 6.45) is 14.5. The number of carbonyl (C=O) groups is 1. The number of hydrogen-bond donors (Lipinski definition) is 1. The predicted molar refractivity (Wildman–Crippen MR) is 99.9 cm³/mol. The molecule has 2 atom stereocenters. The third kappa shape index (κ3) is 6.68. The molecule has 3 heteroatoms. The maximum Gasteiger partial charge on any atom is 0.309 e. The third-order valence-corrected chi connectivity index (χ3v) is 6.42. The van der Waals surface area contributed by atoms with Gasteiger partial charge < -0.3 is 4.74 Å². The number of ether oxygens (including phenoxy) is 1. The number of hydrogen-bond acceptors (Lipinski definition) is 3. The highest BCUT2D eigenvalue weighted by Gasteiger charge is 2.27. The summed E-state index contributed by atoms with van der Waals surface area (Å²) >= 11 is 4.59. The van der Waals surface area contributed by atoms with Crippen LogP contribution in [-0.4, -0.2) is 17.3 Å². The van der Waals surface area contributed by atoms with Gasteiger partial charge >= 0.3 is 5.97 Å². The van der Waals surface area contributed by atoms with E-state index in [1.165, 1.54) is 51.4 Å². The van der Waals surface area contributed by atoms with Crippen LogP contribution < -0.4 is 0 Å². The molecule has 2 saturated carbocycles. The predicted octanol–water partition coefficient (Wildman–Crippen LogP) is 5.79. The van der Waals surface area contributed by atoms with E-state index < -0.39 is 0 Å². The van der Waals surface area contributed by atoms with Gasteiger partial charge in [-0.25, -0.2) is 0 Å². The Bertz CT molecular complexity index is 344. The van der Waals surface area contributed by atoms with Crippen molar-refractivity contribution >= 4 is 18.6 Å². The highest BCUT2D eigenvalue weighted by atomic mass is 32.1. The lowest BCUT2D eigenvalue weighted by Crippen LogP contribution is -2.27. The second kappa shape index (κ2) is 9.96. The Balaban J connectivity index is 1.72. The Morgan fingerprint density at radius 2 is 1.74 bits per heavy atom. The molecule has 0 N–H and O–H groups in total. The molecule has 134 valence electrons. The van der Waals surface area contributed by atoms with Crippen LogP contribution in [0, 0.1) is 17.8 Å². The van der Waals surface area contributed by atoms with Crippen molar-refractivity contribution in [1.29, 1.82) is 0 Å². The van der Waals surface area contributed by atoms with Crippen LogP contribution in [0.25, 0.3) is 0 Å². The summed E-state index contributed by atoms with van der Waals surface area (Å²) in [5.74, 6) is 1.65. The van der Waals surface area contributed by atoms with Gasteiger partial charge in [0, 0.05) is 5.25 Å². The third-order valence-electron chi connectivity index (χ3n) is 5.90. The molecule has 0 heterocycles. The van der Waals surface area contributed by atoms with Crippen LogP contribution in [0.4, 0.5) is 0 Å². The summed E-state index contributed by atoms with van der Waals surface area (Å²) in [5, 5.41) is 0.621. The van der Waals surface area contributed by atoms with Gasteiger partial charge in [0.05, 0.1) is 5.92 Å². The van der Waals surface area contributed by atoms with E-state index in [-0.39, 0.29) is 18.0 Å². The van der Waals surface area contributed by atoms with Gasteiger partial charge in [0.2, 0.25) is 0 Å². The first kappa shape index (κ1) is 19.1. The summed E-state index contributed by atoms with van der Waals surface area (Å²) in [6.45, 7) is 4.45. The van der Waals surface area contributed by atoms with Crippen molar-refractivity contribution in [2.24, 2.45) is 17.8 Å². The molecule has 0 spiro atoms. The molecule has 2 unspecified atom stereocenters. The molecule has 0 aliphatic heterocycles. The monoisotopic (exact) mass is 340 g/mol. The smallest absolute Gasteiger partial charge is 0.309 e. The van der Waals surface area contributed by atoms with Crippen LogP contribution in [0.15, 0.2) is 0 Å². The quantitative estimate of drug-likeness (QED) is 0.469. The summed E-state index contributed by atoms with van der Waals surface area (Å²) < 4.78 is 5.80. The molecular formula is C20H36O2S. The van der Waals surface area contributed by atoms with Crippen molar-refractivity contribution in [3.63, 3.8) is 0 Å². The minimum absolute atomic E-state index is 0.0744. The van der Waals surface area contributed by atoms with Gasteiger partial charge in [0.25, 0.3) is 0 Å². The summed E-state index contributed by atoms with van der Waals surface area (Å²) in [4.78, 5) is 12.5. The summed E-state index contributed by atoms with van der Waals surface area (Å²) in [7, 11) is 0. The number of thiol groups is 1. The normalized spacial score (nSPS) is 29.0. The van der Waals surface area contributed by atoms with Crippen LogP contribution in [0.2, 0.25) is 0 Å². The molecule has 0 radical (unpaired) electrons. The maximum absolute atomic E-state index is 12.5. The van der Waals surface area contributed by atoms with Gasteiger partial charge in [-0.05, 0) is 82.5 Å². The van der Waals surface area contributed by atoms with E-state index in [1.54, 1.807) is 0 Å². The molecule has 2 rings (SSSR count). The fourth-order valence-corrected chi connectivity index (χ4v) is 4.70. The van der Waals surface area contributed by atoms with E-state index in [0.29, 0.717) is 11.2 Å². The fourth-order valence-electron chi connectivity index (χ4n) is 4.40. The number of esters is 1. The SMILES string of the molecule is CCC(CC(C)CC1CCC(S)CC1)C(=O)OC1CCCCC1. The van der Waals surface area contributed by atoms with E-state index in [4.69, 9.17) is 4.74 Å². The van der Waals surface area contributed by atoms with Gasteiger partial charge in [-0.15, -0.1) is 0 Å². The van der Waals surface area contributed by atoms with Crippen molar-refractivity contribution < 1.29 is 9.53 Å². The average Bonchev–Trinajstić information content (AvgIpc) is 2.55. The van der Waals surface area contributed by atoms with Gasteiger partial charge in [-0.3, -0.25) is 4.79 Å². The Morgan fingerprint density at radius 3 is 2.35 bits per heavy atom. The molecular weight excluding hydrogens is 304 g/mol. The van der Waals surface area contributed by atoms with E-state index in [9.17, 15) is 4.79 Å². The van der Waals surface area contributed by atoms with Crippen LogP contribution in [0.3, 0.4) is 0 Å². The minimum Gasteiger partial charge on any atom is -0.462 e. The molecule has 0 aromatic rings. The first-order chi connectivity index (χ1) is 11.1. The van der Waals surface area contributed by atoms with E-state index in [1.807, 2.05) is 0 Å². The zero-order valence-corrected chi connectivity index (χ0v) is 16.0. The average molecular weight is 341 g/mol. The molecule has 2 aliphatic rings. The molecule has 23 heavy (non-hydrogen) atoms. The molecule has 0 aromatic carbocycles. The highest BCUT2D eigenvalue weighted by molar-refractivity contribution is 7.80. The lowest BCUT2D eigenvalue weighted by atomic mass is 9.80. The lowest BCUT2D eigenvalue weighted by molar-refractivity contribution is -0.156.